The Labute approximate surface area is 119 Å². The fourth-order valence-electron chi connectivity index (χ4n) is 6.44. The molecular weight excluding hydrogens is 230 g/mol. The number of nitrogens with zero attached hydrogens (tertiary/aromatic N) is 1. The summed E-state index contributed by atoms with van der Waals surface area (Å²) in [5.41, 5.74) is 0.646. The van der Waals surface area contributed by atoms with Gasteiger partial charge in [0.1, 0.15) is 0 Å². The van der Waals surface area contributed by atoms with E-state index in [0.717, 1.165) is 23.7 Å². The first kappa shape index (κ1) is 12.7. The molecule has 0 aliphatic heterocycles. The molecule has 5 rings (SSSR count). The lowest BCUT2D eigenvalue weighted by Crippen LogP contribution is -2.59. The fraction of sp³-hybridized carbons (Fsp3) is 1.00. The molecule has 0 spiro atoms. The molecule has 0 amide bonds. The van der Waals surface area contributed by atoms with Crippen molar-refractivity contribution in [3.63, 3.8) is 0 Å². The highest BCUT2D eigenvalue weighted by atomic mass is 15.2. The largest absolute Gasteiger partial charge is 0.301 e. The molecule has 0 atom stereocenters. The zero-order valence-electron chi connectivity index (χ0n) is 12.7. The van der Waals surface area contributed by atoms with Crippen molar-refractivity contribution in [2.45, 2.75) is 76.2 Å². The summed E-state index contributed by atoms with van der Waals surface area (Å²) in [5, 5.41) is 0. The molecule has 108 valence electrons. The Morgan fingerprint density at radius 3 is 1.95 bits per heavy atom. The van der Waals surface area contributed by atoms with Gasteiger partial charge in [0.15, 0.2) is 0 Å². The van der Waals surface area contributed by atoms with E-state index in [1.807, 2.05) is 0 Å². The summed E-state index contributed by atoms with van der Waals surface area (Å²) >= 11 is 0. The average Bonchev–Trinajstić information content (AvgIpc) is 2.87. The Morgan fingerprint density at radius 2 is 1.42 bits per heavy atom. The van der Waals surface area contributed by atoms with Crippen LogP contribution in [0.15, 0.2) is 0 Å². The van der Waals surface area contributed by atoms with Gasteiger partial charge >= 0.3 is 0 Å². The molecule has 4 bridgehead atoms. The van der Waals surface area contributed by atoms with Crippen molar-refractivity contribution >= 4 is 0 Å². The van der Waals surface area contributed by atoms with Gasteiger partial charge in [-0.05, 0) is 82.2 Å². The molecule has 5 aliphatic rings. The second kappa shape index (κ2) is 4.76. The fourth-order valence-corrected chi connectivity index (χ4v) is 6.44. The number of rotatable bonds is 4. The van der Waals surface area contributed by atoms with Gasteiger partial charge in [0.05, 0.1) is 0 Å². The van der Waals surface area contributed by atoms with Crippen LogP contribution in [0.2, 0.25) is 0 Å². The van der Waals surface area contributed by atoms with E-state index in [2.05, 4.69) is 11.9 Å². The van der Waals surface area contributed by atoms with Crippen LogP contribution in [0.4, 0.5) is 0 Å². The molecule has 1 nitrogen and oxygen atoms in total. The SMILES string of the molecule is CN(CCC1CCCC1)C12CC3CC(CC(C3)C1)C2. The highest BCUT2D eigenvalue weighted by molar-refractivity contribution is 5.06. The summed E-state index contributed by atoms with van der Waals surface area (Å²) in [6.45, 7) is 1.39. The van der Waals surface area contributed by atoms with Crippen molar-refractivity contribution in [1.82, 2.24) is 4.90 Å². The lowest BCUT2D eigenvalue weighted by Gasteiger charge is -2.60. The minimum atomic E-state index is 0.646. The van der Waals surface area contributed by atoms with Crippen LogP contribution in [-0.4, -0.2) is 24.0 Å². The molecule has 0 aromatic heterocycles. The van der Waals surface area contributed by atoms with Crippen molar-refractivity contribution in [3.8, 4) is 0 Å². The first-order valence-corrected chi connectivity index (χ1v) is 8.95. The molecule has 5 saturated carbocycles. The maximum Gasteiger partial charge on any atom is 0.0214 e. The van der Waals surface area contributed by atoms with Gasteiger partial charge in [-0.1, -0.05) is 25.7 Å². The van der Waals surface area contributed by atoms with Crippen molar-refractivity contribution in [2.24, 2.45) is 23.7 Å². The molecule has 0 N–H and O–H groups in total. The smallest absolute Gasteiger partial charge is 0.0214 e. The lowest BCUT2D eigenvalue weighted by molar-refractivity contribution is -0.0801. The Hall–Kier alpha value is -0.0400. The zero-order valence-corrected chi connectivity index (χ0v) is 12.7. The molecule has 19 heavy (non-hydrogen) atoms. The van der Waals surface area contributed by atoms with Crippen LogP contribution in [0, 0.1) is 23.7 Å². The Morgan fingerprint density at radius 1 is 0.895 bits per heavy atom. The standard InChI is InChI=1S/C18H31N/c1-19(7-6-14-4-2-3-5-14)18-11-15-8-16(12-18)10-17(9-15)13-18/h14-17H,2-13H2,1H3. The highest BCUT2D eigenvalue weighted by Crippen LogP contribution is 2.57. The molecule has 5 aliphatic carbocycles. The molecular formula is C18H31N. The van der Waals surface area contributed by atoms with Gasteiger partial charge in [-0.3, -0.25) is 0 Å². The van der Waals surface area contributed by atoms with Crippen LogP contribution in [-0.2, 0) is 0 Å². The maximum atomic E-state index is 2.83. The van der Waals surface area contributed by atoms with Gasteiger partial charge in [-0.2, -0.15) is 0 Å². The van der Waals surface area contributed by atoms with E-state index in [1.54, 1.807) is 38.5 Å². The van der Waals surface area contributed by atoms with Gasteiger partial charge in [0, 0.05) is 5.54 Å². The molecule has 0 heterocycles. The van der Waals surface area contributed by atoms with Gasteiger partial charge in [-0.15, -0.1) is 0 Å². The summed E-state index contributed by atoms with van der Waals surface area (Å²) < 4.78 is 0. The molecule has 0 aromatic rings. The number of hydrogen-bond acceptors (Lipinski definition) is 1. The summed E-state index contributed by atoms with van der Waals surface area (Å²) in [4.78, 5) is 2.83. The van der Waals surface area contributed by atoms with E-state index in [9.17, 15) is 0 Å². The topological polar surface area (TPSA) is 3.24 Å². The van der Waals surface area contributed by atoms with E-state index >= 15 is 0 Å². The van der Waals surface area contributed by atoms with Gasteiger partial charge in [-0.25, -0.2) is 0 Å². The minimum absolute atomic E-state index is 0.646. The molecule has 0 aromatic carbocycles. The third-order valence-corrected chi connectivity index (χ3v) is 7.16. The molecule has 0 unspecified atom stereocenters. The first-order valence-electron chi connectivity index (χ1n) is 8.95. The molecule has 0 saturated heterocycles. The summed E-state index contributed by atoms with van der Waals surface area (Å²) in [7, 11) is 2.46. The van der Waals surface area contributed by atoms with Crippen LogP contribution in [0.5, 0.6) is 0 Å². The van der Waals surface area contributed by atoms with Crippen LogP contribution in [0.25, 0.3) is 0 Å². The zero-order chi connectivity index (χ0) is 12.9. The summed E-state index contributed by atoms with van der Waals surface area (Å²) in [6, 6.07) is 0. The molecule has 1 heteroatoms. The van der Waals surface area contributed by atoms with E-state index < -0.39 is 0 Å². The van der Waals surface area contributed by atoms with Gasteiger partial charge in [0.2, 0.25) is 0 Å². The lowest BCUT2D eigenvalue weighted by atomic mass is 9.52. The molecule has 5 fully saturated rings. The third-order valence-electron chi connectivity index (χ3n) is 7.16. The monoisotopic (exact) mass is 261 g/mol. The highest BCUT2D eigenvalue weighted by Gasteiger charge is 2.52. The predicted molar refractivity (Wildman–Crippen MR) is 80.1 cm³/mol. The summed E-state index contributed by atoms with van der Waals surface area (Å²) in [6.07, 6.45) is 16.9. The molecule has 0 radical (unpaired) electrons. The Balaban J connectivity index is 1.40. The Kier molecular flexibility index (Phi) is 3.17. The number of hydrogen-bond donors (Lipinski definition) is 0. The second-order valence-electron chi connectivity index (χ2n) is 8.50. The van der Waals surface area contributed by atoms with Crippen LogP contribution in [0.3, 0.4) is 0 Å². The van der Waals surface area contributed by atoms with E-state index in [0.29, 0.717) is 5.54 Å². The third kappa shape index (κ3) is 2.26. The van der Waals surface area contributed by atoms with Crippen LogP contribution in [0.1, 0.15) is 70.6 Å². The maximum absolute atomic E-state index is 2.83. The second-order valence-corrected chi connectivity index (χ2v) is 8.50. The predicted octanol–water partition coefficient (Wildman–Crippen LogP) is 4.47. The van der Waals surface area contributed by atoms with Crippen molar-refractivity contribution < 1.29 is 0 Å². The van der Waals surface area contributed by atoms with E-state index in [1.165, 1.54) is 38.6 Å². The van der Waals surface area contributed by atoms with Crippen molar-refractivity contribution in [1.29, 1.82) is 0 Å². The van der Waals surface area contributed by atoms with Crippen LogP contribution >= 0.6 is 0 Å². The van der Waals surface area contributed by atoms with E-state index in [4.69, 9.17) is 0 Å². The normalized spacial score (nSPS) is 45.5. The van der Waals surface area contributed by atoms with Crippen molar-refractivity contribution in [2.75, 3.05) is 13.6 Å². The summed E-state index contributed by atoms with van der Waals surface area (Å²) in [5.74, 6) is 4.36. The van der Waals surface area contributed by atoms with Crippen LogP contribution < -0.4 is 0 Å². The Bertz CT molecular complexity index is 293. The van der Waals surface area contributed by atoms with Gasteiger partial charge in [0.25, 0.3) is 0 Å². The van der Waals surface area contributed by atoms with Gasteiger partial charge < -0.3 is 4.90 Å². The average molecular weight is 261 g/mol. The van der Waals surface area contributed by atoms with E-state index in [-0.39, 0.29) is 0 Å². The first-order chi connectivity index (χ1) is 9.23. The minimum Gasteiger partial charge on any atom is -0.301 e. The quantitative estimate of drug-likeness (QED) is 0.722. The van der Waals surface area contributed by atoms with Crippen molar-refractivity contribution in [3.05, 3.63) is 0 Å².